The van der Waals surface area contributed by atoms with Crippen molar-refractivity contribution in [2.75, 3.05) is 59.4 Å². The van der Waals surface area contributed by atoms with E-state index in [9.17, 15) is 38.4 Å². The summed E-state index contributed by atoms with van der Waals surface area (Å²) in [7, 11) is 0. The fraction of sp³-hybridized carbons (Fsp3) is 0.500. The molecule has 0 bridgehead atoms. The van der Waals surface area contributed by atoms with Crippen molar-refractivity contribution in [1.82, 2.24) is 10.6 Å². The third kappa shape index (κ3) is 16.9. The molecule has 0 aromatic carbocycles. The summed E-state index contributed by atoms with van der Waals surface area (Å²) in [4.78, 5) is 97.5. The standard InChI is InChI=1S/C40H54N2O16/c1-10-29(43)51-20-39(21-52-30(44)11-2,22-53-31(45)12-3)26-57-35(49)41-19-38(9)17-16-28(18-37(38,7)8)42-36(50)58-27-40(23-54-32(46)13-4,24-55-33(47)14-5)25-56-34(48)15-6/h10-15,28H,1-6,16-27H2,7-9H3,(H,41,49)(H,42,50). The number of carbonyl (C=O) groups is 8. The van der Waals surface area contributed by atoms with Crippen LogP contribution in [0.5, 0.6) is 0 Å². The van der Waals surface area contributed by atoms with E-state index in [1.54, 1.807) is 0 Å². The van der Waals surface area contributed by atoms with Crippen LogP contribution in [0.2, 0.25) is 0 Å². The van der Waals surface area contributed by atoms with Gasteiger partial charge in [0.15, 0.2) is 0 Å². The van der Waals surface area contributed by atoms with Crippen molar-refractivity contribution in [2.45, 2.75) is 46.1 Å². The Morgan fingerprint density at radius 3 is 1.10 bits per heavy atom. The molecule has 1 fully saturated rings. The molecule has 2 atom stereocenters. The van der Waals surface area contributed by atoms with E-state index in [2.05, 4.69) is 50.1 Å². The number of hydrogen-bond donors (Lipinski definition) is 2. The summed E-state index contributed by atoms with van der Waals surface area (Å²) >= 11 is 0. The molecule has 0 aromatic heterocycles. The van der Waals surface area contributed by atoms with E-state index < -0.39 is 123 Å². The number of hydrogen-bond acceptors (Lipinski definition) is 16. The maximum atomic E-state index is 13.1. The number of alkyl carbamates (subject to hydrolysis) is 2. The smallest absolute Gasteiger partial charge is 0.407 e. The third-order valence-corrected chi connectivity index (χ3v) is 9.52. The molecule has 320 valence electrons. The summed E-state index contributed by atoms with van der Waals surface area (Å²) in [6, 6.07) is -0.386. The van der Waals surface area contributed by atoms with Crippen LogP contribution in [-0.4, -0.2) is 113 Å². The Morgan fingerprint density at radius 2 is 0.810 bits per heavy atom. The lowest BCUT2D eigenvalue weighted by molar-refractivity contribution is -0.161. The van der Waals surface area contributed by atoms with E-state index >= 15 is 0 Å². The number of ether oxygens (including phenoxy) is 8. The Labute approximate surface area is 337 Å². The zero-order valence-electron chi connectivity index (χ0n) is 33.3. The van der Waals surface area contributed by atoms with Gasteiger partial charge in [-0.05, 0) is 30.1 Å². The van der Waals surface area contributed by atoms with Gasteiger partial charge in [0, 0.05) is 49.0 Å². The zero-order chi connectivity index (χ0) is 44.0. The molecule has 2 N–H and O–H groups in total. The molecule has 1 aliphatic rings. The van der Waals surface area contributed by atoms with Crippen molar-refractivity contribution >= 4 is 48.0 Å². The van der Waals surface area contributed by atoms with Crippen molar-refractivity contribution in [3.8, 4) is 0 Å². The van der Waals surface area contributed by atoms with Crippen molar-refractivity contribution in [2.24, 2.45) is 21.7 Å². The van der Waals surface area contributed by atoms with E-state index in [0.717, 1.165) is 36.5 Å². The average molecular weight is 819 g/mol. The largest absolute Gasteiger partial charge is 0.462 e. The summed E-state index contributed by atoms with van der Waals surface area (Å²) in [5, 5.41) is 5.56. The fourth-order valence-corrected chi connectivity index (χ4v) is 5.41. The summed E-state index contributed by atoms with van der Waals surface area (Å²) in [6.07, 6.45) is 5.08. The van der Waals surface area contributed by atoms with Crippen LogP contribution < -0.4 is 10.6 Å². The molecule has 1 rings (SSSR count). The summed E-state index contributed by atoms with van der Waals surface area (Å²) in [6.45, 7) is 22.0. The summed E-state index contributed by atoms with van der Waals surface area (Å²) < 4.78 is 41.9. The maximum absolute atomic E-state index is 13.1. The van der Waals surface area contributed by atoms with Gasteiger partial charge in [0.2, 0.25) is 0 Å². The minimum absolute atomic E-state index is 0.129. The molecule has 1 aliphatic carbocycles. The van der Waals surface area contributed by atoms with Crippen LogP contribution >= 0.6 is 0 Å². The SMILES string of the molecule is C=CC(=O)OCC(COC(=O)C=C)(COC(=O)C=C)COC(=O)NCC1(C)CCC(NC(=O)OCC(COC(=O)C=C)(COC(=O)C=C)COC(=O)C=C)CC1(C)C. The van der Waals surface area contributed by atoms with Crippen molar-refractivity contribution in [3.63, 3.8) is 0 Å². The van der Waals surface area contributed by atoms with Crippen LogP contribution in [0, 0.1) is 21.7 Å². The molecule has 0 aliphatic heterocycles. The second-order valence-corrected chi connectivity index (χ2v) is 14.4. The van der Waals surface area contributed by atoms with Crippen LogP contribution in [0.25, 0.3) is 0 Å². The Balaban J connectivity index is 3.03. The lowest BCUT2D eigenvalue weighted by Crippen LogP contribution is -2.53. The van der Waals surface area contributed by atoms with Gasteiger partial charge in [0.25, 0.3) is 0 Å². The first-order valence-corrected chi connectivity index (χ1v) is 17.9. The molecular formula is C40H54N2O16. The topological polar surface area (TPSA) is 234 Å². The third-order valence-electron chi connectivity index (χ3n) is 9.52. The number of nitrogens with one attached hydrogen (secondary N) is 2. The normalized spacial score (nSPS) is 16.9. The first-order chi connectivity index (χ1) is 27.3. The first kappa shape index (κ1) is 49.8. The van der Waals surface area contributed by atoms with E-state index in [1.165, 1.54) is 0 Å². The van der Waals surface area contributed by atoms with Crippen LogP contribution in [-0.2, 0) is 66.7 Å². The summed E-state index contributed by atoms with van der Waals surface area (Å²) in [5.74, 6) is -4.97. The Hall–Kier alpha value is -6.20. The van der Waals surface area contributed by atoms with Crippen LogP contribution in [0.4, 0.5) is 9.59 Å². The minimum Gasteiger partial charge on any atom is -0.462 e. The second kappa shape index (κ2) is 23.8. The number of carbonyl (C=O) groups excluding carboxylic acids is 8. The highest BCUT2D eigenvalue weighted by molar-refractivity contribution is 5.83. The molecule has 18 heteroatoms. The molecule has 2 unspecified atom stereocenters. The lowest BCUT2D eigenvalue weighted by Gasteiger charge is -2.50. The molecule has 0 aromatic rings. The molecule has 18 nitrogen and oxygen atoms in total. The van der Waals surface area contributed by atoms with E-state index in [0.29, 0.717) is 19.3 Å². The Kier molecular flexibility index (Phi) is 20.4. The number of rotatable bonds is 25. The highest BCUT2D eigenvalue weighted by Gasteiger charge is 2.47. The zero-order valence-corrected chi connectivity index (χ0v) is 33.3. The van der Waals surface area contributed by atoms with Gasteiger partial charge in [-0.15, -0.1) is 0 Å². The predicted molar refractivity (Wildman–Crippen MR) is 205 cm³/mol. The van der Waals surface area contributed by atoms with Crippen LogP contribution in [0.1, 0.15) is 40.0 Å². The maximum Gasteiger partial charge on any atom is 0.407 e. The highest BCUT2D eigenvalue weighted by Crippen LogP contribution is 2.49. The molecular weight excluding hydrogens is 764 g/mol. The predicted octanol–water partition coefficient (Wildman–Crippen LogP) is 3.37. The highest BCUT2D eigenvalue weighted by atomic mass is 16.6. The van der Waals surface area contributed by atoms with Gasteiger partial charge >= 0.3 is 48.0 Å². The average Bonchev–Trinajstić information content (AvgIpc) is 3.21. The quantitative estimate of drug-likeness (QED) is 0.0763. The van der Waals surface area contributed by atoms with Crippen LogP contribution in [0.3, 0.4) is 0 Å². The lowest BCUT2D eigenvalue weighted by atomic mass is 9.57. The van der Waals surface area contributed by atoms with Gasteiger partial charge in [0.1, 0.15) is 63.7 Å². The van der Waals surface area contributed by atoms with Crippen molar-refractivity contribution < 1.29 is 76.3 Å². The van der Waals surface area contributed by atoms with Gasteiger partial charge in [0.05, 0.1) is 0 Å². The van der Waals surface area contributed by atoms with Crippen molar-refractivity contribution in [1.29, 1.82) is 0 Å². The molecule has 0 saturated heterocycles. The van der Waals surface area contributed by atoms with Gasteiger partial charge < -0.3 is 48.5 Å². The number of amides is 2. The Bertz CT molecular complexity index is 1460. The molecule has 2 amide bonds. The van der Waals surface area contributed by atoms with Gasteiger partial charge in [-0.3, -0.25) is 0 Å². The second-order valence-electron chi connectivity index (χ2n) is 14.4. The first-order valence-electron chi connectivity index (χ1n) is 17.9. The monoisotopic (exact) mass is 818 g/mol. The summed E-state index contributed by atoms with van der Waals surface area (Å²) in [5.41, 5.74) is -4.06. The van der Waals surface area contributed by atoms with E-state index in [-0.39, 0.29) is 12.6 Å². The molecule has 0 heterocycles. The molecule has 58 heavy (non-hydrogen) atoms. The number of esters is 6. The van der Waals surface area contributed by atoms with Gasteiger partial charge in [-0.1, -0.05) is 60.2 Å². The molecule has 1 saturated carbocycles. The van der Waals surface area contributed by atoms with E-state index in [1.807, 2.05) is 20.8 Å². The minimum atomic E-state index is -1.52. The molecule has 0 spiro atoms. The Morgan fingerprint density at radius 1 is 0.517 bits per heavy atom. The van der Waals surface area contributed by atoms with Gasteiger partial charge in [-0.25, -0.2) is 38.4 Å². The molecule has 0 radical (unpaired) electrons. The van der Waals surface area contributed by atoms with Crippen LogP contribution in [0.15, 0.2) is 75.9 Å². The fourth-order valence-electron chi connectivity index (χ4n) is 5.41. The van der Waals surface area contributed by atoms with E-state index in [4.69, 9.17) is 37.9 Å². The van der Waals surface area contributed by atoms with Gasteiger partial charge in [-0.2, -0.15) is 0 Å². The van der Waals surface area contributed by atoms with Crippen molar-refractivity contribution in [3.05, 3.63) is 75.9 Å².